The second kappa shape index (κ2) is 5.72. The normalized spacial score (nSPS) is 15.3. The molecule has 4 heteroatoms. The quantitative estimate of drug-likeness (QED) is 0.842. The summed E-state index contributed by atoms with van der Waals surface area (Å²) in [6, 6.07) is 9.11. The van der Waals surface area contributed by atoms with Gasteiger partial charge in [-0.2, -0.15) is 0 Å². The Morgan fingerprint density at radius 3 is 2.43 bits per heavy atom. The van der Waals surface area contributed by atoms with Crippen molar-refractivity contribution in [2.24, 2.45) is 0 Å². The maximum Gasteiger partial charge on any atom is 0.159 e. The molecular weight excluding hydrogens is 272 g/mol. The molecule has 1 fully saturated rings. The van der Waals surface area contributed by atoms with Crippen LogP contribution < -0.4 is 10.5 Å². The van der Waals surface area contributed by atoms with Gasteiger partial charge < -0.3 is 10.5 Å². The lowest BCUT2D eigenvalue weighted by Crippen LogP contribution is -2.11. The molecule has 0 aromatic heterocycles. The van der Waals surface area contributed by atoms with Crippen LogP contribution in [0.4, 0.5) is 14.5 Å². The lowest BCUT2D eigenvalue weighted by molar-refractivity contribution is 0.211. The molecule has 1 aliphatic carbocycles. The molecule has 2 N–H and O–H groups in total. The van der Waals surface area contributed by atoms with Crippen molar-refractivity contribution in [3.05, 3.63) is 48.0 Å². The Labute approximate surface area is 122 Å². The van der Waals surface area contributed by atoms with Crippen molar-refractivity contribution in [2.45, 2.75) is 31.8 Å². The third-order valence-corrected chi connectivity index (χ3v) is 3.83. The summed E-state index contributed by atoms with van der Waals surface area (Å²) in [5.74, 6) is -1.07. The average molecular weight is 289 g/mol. The van der Waals surface area contributed by atoms with Crippen LogP contribution in [0.15, 0.2) is 36.4 Å². The Morgan fingerprint density at radius 1 is 0.952 bits per heavy atom. The van der Waals surface area contributed by atoms with Gasteiger partial charge in [-0.05, 0) is 61.6 Å². The minimum absolute atomic E-state index is 0.192. The van der Waals surface area contributed by atoms with E-state index >= 15 is 0 Å². The highest BCUT2D eigenvalue weighted by Gasteiger charge is 2.19. The molecule has 21 heavy (non-hydrogen) atoms. The van der Waals surface area contributed by atoms with Crippen LogP contribution in [0.25, 0.3) is 11.1 Å². The molecular formula is C17H17F2NO. The third kappa shape index (κ3) is 2.99. The first-order valence-electron chi connectivity index (χ1n) is 7.15. The van der Waals surface area contributed by atoms with E-state index in [4.69, 9.17) is 10.5 Å². The van der Waals surface area contributed by atoms with Crippen molar-refractivity contribution < 1.29 is 13.5 Å². The van der Waals surface area contributed by atoms with Gasteiger partial charge in [-0.3, -0.25) is 0 Å². The highest BCUT2D eigenvalue weighted by molar-refractivity contribution is 5.74. The molecule has 0 atom stereocenters. The first-order valence-corrected chi connectivity index (χ1v) is 7.15. The number of anilines is 1. The van der Waals surface area contributed by atoms with Gasteiger partial charge in [0.2, 0.25) is 0 Å². The zero-order chi connectivity index (χ0) is 14.8. The highest BCUT2D eigenvalue weighted by Crippen LogP contribution is 2.35. The zero-order valence-electron chi connectivity index (χ0n) is 11.6. The van der Waals surface area contributed by atoms with Crippen LogP contribution in [0.1, 0.15) is 25.7 Å². The lowest BCUT2D eigenvalue weighted by Gasteiger charge is -2.17. The molecule has 0 amide bonds. The highest BCUT2D eigenvalue weighted by atomic mass is 19.2. The van der Waals surface area contributed by atoms with Crippen molar-refractivity contribution in [1.29, 1.82) is 0 Å². The summed E-state index contributed by atoms with van der Waals surface area (Å²) >= 11 is 0. The molecule has 2 nitrogen and oxygen atoms in total. The molecule has 0 unspecified atom stereocenters. The fourth-order valence-corrected chi connectivity index (χ4v) is 2.73. The third-order valence-electron chi connectivity index (χ3n) is 3.83. The fraction of sp³-hybridized carbons (Fsp3) is 0.294. The van der Waals surface area contributed by atoms with Gasteiger partial charge in [0.1, 0.15) is 5.75 Å². The second-order valence-electron chi connectivity index (χ2n) is 5.41. The maximum absolute atomic E-state index is 13.5. The molecule has 1 aliphatic rings. The van der Waals surface area contributed by atoms with E-state index in [-0.39, 0.29) is 6.10 Å². The lowest BCUT2D eigenvalue weighted by atomic mass is 10.0. The minimum atomic E-state index is -0.873. The molecule has 0 spiro atoms. The van der Waals surface area contributed by atoms with Crippen molar-refractivity contribution in [3.8, 4) is 16.9 Å². The topological polar surface area (TPSA) is 35.2 Å². The van der Waals surface area contributed by atoms with Gasteiger partial charge in [-0.25, -0.2) is 8.78 Å². The maximum atomic E-state index is 13.5. The van der Waals surface area contributed by atoms with Gasteiger partial charge in [0.05, 0.1) is 6.10 Å². The van der Waals surface area contributed by atoms with E-state index in [0.29, 0.717) is 22.6 Å². The summed E-state index contributed by atoms with van der Waals surface area (Å²) in [6.45, 7) is 0. The minimum Gasteiger partial charge on any atom is -0.490 e. The fourth-order valence-electron chi connectivity index (χ4n) is 2.73. The van der Waals surface area contributed by atoms with E-state index in [1.54, 1.807) is 18.2 Å². The monoisotopic (exact) mass is 289 g/mol. The number of nitrogens with two attached hydrogens (primary N) is 1. The van der Waals surface area contributed by atoms with E-state index in [0.717, 1.165) is 18.9 Å². The van der Waals surface area contributed by atoms with Crippen LogP contribution in [0.3, 0.4) is 0 Å². The molecule has 2 aromatic carbocycles. The summed E-state index contributed by atoms with van der Waals surface area (Å²) in [7, 11) is 0. The van der Waals surface area contributed by atoms with Crippen molar-refractivity contribution in [3.63, 3.8) is 0 Å². The van der Waals surface area contributed by atoms with Crippen LogP contribution in [0.2, 0.25) is 0 Å². The van der Waals surface area contributed by atoms with Crippen LogP contribution >= 0.6 is 0 Å². The smallest absolute Gasteiger partial charge is 0.159 e. The Bertz CT molecular complexity index is 651. The van der Waals surface area contributed by atoms with Crippen molar-refractivity contribution in [2.75, 3.05) is 5.73 Å². The Kier molecular flexibility index (Phi) is 3.78. The van der Waals surface area contributed by atoms with E-state index < -0.39 is 11.6 Å². The number of nitrogen functional groups attached to an aromatic ring is 1. The number of halogens is 2. The van der Waals surface area contributed by atoms with Gasteiger partial charge >= 0.3 is 0 Å². The number of hydrogen-bond donors (Lipinski definition) is 1. The molecule has 0 bridgehead atoms. The van der Waals surface area contributed by atoms with Crippen LogP contribution in [0, 0.1) is 11.6 Å². The number of ether oxygens (including phenoxy) is 1. The predicted octanol–water partition coefficient (Wildman–Crippen LogP) is 4.54. The van der Waals surface area contributed by atoms with Crippen molar-refractivity contribution >= 4 is 5.69 Å². The van der Waals surface area contributed by atoms with E-state index in [2.05, 4.69) is 0 Å². The zero-order valence-corrected chi connectivity index (χ0v) is 11.6. The molecule has 2 aromatic rings. The van der Waals surface area contributed by atoms with Crippen LogP contribution in [0.5, 0.6) is 5.75 Å². The summed E-state index contributed by atoms with van der Waals surface area (Å²) in [5.41, 5.74) is 7.64. The Hall–Kier alpha value is -2.10. The van der Waals surface area contributed by atoms with Crippen molar-refractivity contribution in [1.82, 2.24) is 0 Å². The molecule has 0 heterocycles. The summed E-state index contributed by atoms with van der Waals surface area (Å²) in [4.78, 5) is 0. The van der Waals surface area contributed by atoms with Gasteiger partial charge in [0.15, 0.2) is 11.6 Å². The Morgan fingerprint density at radius 2 is 1.71 bits per heavy atom. The van der Waals surface area contributed by atoms with Crippen LogP contribution in [-0.2, 0) is 0 Å². The van der Waals surface area contributed by atoms with Crippen LogP contribution in [-0.4, -0.2) is 6.10 Å². The van der Waals surface area contributed by atoms with E-state index in [1.165, 1.54) is 25.0 Å². The van der Waals surface area contributed by atoms with Gasteiger partial charge in [-0.1, -0.05) is 6.07 Å². The largest absolute Gasteiger partial charge is 0.490 e. The number of benzene rings is 2. The molecule has 1 saturated carbocycles. The SMILES string of the molecule is Nc1ccc(OC2CCCC2)c(-c2ccc(F)c(F)c2)c1. The van der Waals surface area contributed by atoms with E-state index in [1.807, 2.05) is 0 Å². The number of rotatable bonds is 3. The first-order chi connectivity index (χ1) is 10.1. The summed E-state index contributed by atoms with van der Waals surface area (Å²) in [5, 5.41) is 0. The molecule has 3 rings (SSSR count). The molecule has 0 radical (unpaired) electrons. The Balaban J connectivity index is 1.98. The standard InChI is InChI=1S/C17H17F2NO/c18-15-7-5-11(9-16(15)19)14-10-12(20)6-8-17(14)21-13-3-1-2-4-13/h5-10,13H,1-4,20H2. The van der Waals surface area contributed by atoms with Gasteiger partial charge in [0, 0.05) is 11.3 Å². The molecule has 0 saturated heterocycles. The predicted molar refractivity (Wildman–Crippen MR) is 79.1 cm³/mol. The van der Waals surface area contributed by atoms with Gasteiger partial charge in [0.25, 0.3) is 0 Å². The van der Waals surface area contributed by atoms with E-state index in [9.17, 15) is 8.78 Å². The molecule has 0 aliphatic heterocycles. The summed E-state index contributed by atoms with van der Waals surface area (Å²) in [6.07, 6.45) is 4.58. The number of hydrogen-bond acceptors (Lipinski definition) is 2. The molecule has 110 valence electrons. The second-order valence-corrected chi connectivity index (χ2v) is 5.41. The average Bonchev–Trinajstić information content (AvgIpc) is 2.97. The summed E-state index contributed by atoms with van der Waals surface area (Å²) < 4.78 is 32.6. The first kappa shape index (κ1) is 13.9. The van der Waals surface area contributed by atoms with Gasteiger partial charge in [-0.15, -0.1) is 0 Å².